The predicted octanol–water partition coefficient (Wildman–Crippen LogP) is 0.331. The third kappa shape index (κ3) is 4.08. The monoisotopic (exact) mass is 258 g/mol. The normalized spacial score (nSPS) is 11.6. The molecular weight excluding hydrogens is 240 g/mol. The van der Waals surface area contributed by atoms with Gasteiger partial charge in [0, 0.05) is 20.2 Å². The van der Waals surface area contributed by atoms with Gasteiger partial charge in [-0.15, -0.1) is 0 Å². The van der Waals surface area contributed by atoms with Crippen molar-refractivity contribution in [1.82, 2.24) is 10.0 Å². The van der Waals surface area contributed by atoms with Crippen LogP contribution in [0.1, 0.15) is 5.56 Å². The van der Waals surface area contributed by atoms with Crippen molar-refractivity contribution < 1.29 is 13.2 Å². The average Bonchev–Trinajstić information content (AvgIpc) is 2.30. The van der Waals surface area contributed by atoms with Crippen molar-refractivity contribution in [3.8, 4) is 0 Å². The van der Waals surface area contributed by atoms with Gasteiger partial charge < -0.3 is 10.1 Å². The minimum Gasteiger partial charge on any atom is -0.383 e. The fourth-order valence-corrected chi connectivity index (χ4v) is 2.71. The maximum atomic E-state index is 12.0. The van der Waals surface area contributed by atoms with Gasteiger partial charge in [-0.1, -0.05) is 18.2 Å². The zero-order valence-corrected chi connectivity index (χ0v) is 10.9. The lowest BCUT2D eigenvalue weighted by molar-refractivity contribution is 0.204. The average molecular weight is 258 g/mol. The van der Waals surface area contributed by atoms with Crippen LogP contribution in [0.25, 0.3) is 0 Å². The zero-order valence-electron chi connectivity index (χ0n) is 10.1. The second-order valence-corrected chi connectivity index (χ2v) is 5.26. The minimum absolute atomic E-state index is 0.271. The molecular formula is C11H18N2O3S. The fraction of sp³-hybridized carbons (Fsp3) is 0.455. The molecule has 0 spiro atoms. The number of hydrogen-bond acceptors (Lipinski definition) is 4. The van der Waals surface area contributed by atoms with Crippen molar-refractivity contribution in [1.29, 1.82) is 0 Å². The van der Waals surface area contributed by atoms with Crippen LogP contribution in [-0.2, 0) is 21.3 Å². The van der Waals surface area contributed by atoms with Gasteiger partial charge in [-0.25, -0.2) is 13.1 Å². The van der Waals surface area contributed by atoms with Gasteiger partial charge in [0.1, 0.15) is 0 Å². The molecule has 0 aromatic heterocycles. The Bertz CT molecular complexity index is 446. The van der Waals surface area contributed by atoms with E-state index in [0.29, 0.717) is 18.0 Å². The van der Waals surface area contributed by atoms with Crippen molar-refractivity contribution in [2.24, 2.45) is 0 Å². The van der Waals surface area contributed by atoms with Gasteiger partial charge in [-0.2, -0.15) is 0 Å². The third-order valence-corrected chi connectivity index (χ3v) is 3.79. The van der Waals surface area contributed by atoms with E-state index in [1.54, 1.807) is 25.2 Å². The molecule has 0 aliphatic carbocycles. The van der Waals surface area contributed by atoms with Crippen LogP contribution in [0.5, 0.6) is 0 Å². The van der Waals surface area contributed by atoms with Gasteiger partial charge in [0.05, 0.1) is 11.5 Å². The molecule has 0 saturated carbocycles. The summed E-state index contributed by atoms with van der Waals surface area (Å²) in [5.74, 6) is 0. The van der Waals surface area contributed by atoms with Crippen LogP contribution in [0, 0.1) is 0 Å². The number of sulfonamides is 1. The molecule has 0 amide bonds. The number of benzene rings is 1. The summed E-state index contributed by atoms with van der Waals surface area (Å²) in [6.07, 6.45) is 0. The summed E-state index contributed by atoms with van der Waals surface area (Å²) >= 11 is 0. The molecule has 1 rings (SSSR count). The molecule has 2 N–H and O–H groups in total. The first-order valence-electron chi connectivity index (χ1n) is 5.33. The molecule has 0 fully saturated rings. The van der Waals surface area contributed by atoms with Gasteiger partial charge in [-0.3, -0.25) is 0 Å². The first-order chi connectivity index (χ1) is 8.11. The van der Waals surface area contributed by atoms with Crippen LogP contribution in [0.2, 0.25) is 0 Å². The standard InChI is InChI=1S/C11H18N2O3S/c1-12-9-10-5-3-4-6-11(10)17(14,15)13-7-8-16-2/h3-6,12-13H,7-9H2,1-2H3. The quantitative estimate of drug-likeness (QED) is 0.692. The molecule has 0 atom stereocenters. The molecule has 1 aromatic carbocycles. The highest BCUT2D eigenvalue weighted by atomic mass is 32.2. The number of methoxy groups -OCH3 is 1. The van der Waals surface area contributed by atoms with E-state index >= 15 is 0 Å². The zero-order chi connectivity index (χ0) is 12.7. The Balaban J connectivity index is 2.89. The van der Waals surface area contributed by atoms with Crippen LogP contribution in [-0.4, -0.2) is 35.7 Å². The van der Waals surface area contributed by atoms with E-state index in [1.165, 1.54) is 7.11 Å². The van der Waals surface area contributed by atoms with Gasteiger partial charge in [0.25, 0.3) is 0 Å². The Labute approximate surface area is 102 Å². The number of hydrogen-bond donors (Lipinski definition) is 2. The Hall–Kier alpha value is -0.950. The number of nitrogens with one attached hydrogen (secondary N) is 2. The lowest BCUT2D eigenvalue weighted by atomic mass is 10.2. The van der Waals surface area contributed by atoms with E-state index in [0.717, 1.165) is 5.56 Å². The van der Waals surface area contributed by atoms with E-state index in [4.69, 9.17) is 4.74 Å². The SMILES string of the molecule is CNCc1ccccc1S(=O)(=O)NCCOC. The molecule has 1 aromatic rings. The molecule has 0 bridgehead atoms. The smallest absolute Gasteiger partial charge is 0.240 e. The summed E-state index contributed by atoms with van der Waals surface area (Å²) in [6, 6.07) is 6.92. The summed E-state index contributed by atoms with van der Waals surface area (Å²) in [7, 11) is -0.145. The molecule has 0 aliphatic heterocycles. The molecule has 0 saturated heterocycles. The molecule has 5 nitrogen and oxygen atoms in total. The van der Waals surface area contributed by atoms with Crippen LogP contribution >= 0.6 is 0 Å². The lowest BCUT2D eigenvalue weighted by Gasteiger charge is -2.10. The van der Waals surface area contributed by atoms with Crippen LogP contribution < -0.4 is 10.0 Å². The molecule has 0 aliphatic rings. The highest BCUT2D eigenvalue weighted by molar-refractivity contribution is 7.89. The predicted molar refractivity (Wildman–Crippen MR) is 66.3 cm³/mol. The van der Waals surface area contributed by atoms with Crippen LogP contribution in [0.3, 0.4) is 0 Å². The van der Waals surface area contributed by atoms with Crippen molar-refractivity contribution in [2.75, 3.05) is 27.3 Å². The first-order valence-corrected chi connectivity index (χ1v) is 6.81. The highest BCUT2D eigenvalue weighted by Gasteiger charge is 2.16. The maximum Gasteiger partial charge on any atom is 0.240 e. The summed E-state index contributed by atoms with van der Waals surface area (Å²) in [5.41, 5.74) is 0.750. The Morgan fingerprint density at radius 1 is 1.29 bits per heavy atom. The summed E-state index contributed by atoms with van der Waals surface area (Å²) in [5, 5.41) is 2.95. The largest absolute Gasteiger partial charge is 0.383 e. The van der Waals surface area contributed by atoms with Crippen molar-refractivity contribution >= 4 is 10.0 Å². The summed E-state index contributed by atoms with van der Waals surface area (Å²) in [4.78, 5) is 0.311. The number of rotatable bonds is 7. The summed E-state index contributed by atoms with van der Waals surface area (Å²) in [6.45, 7) is 1.14. The fourth-order valence-electron chi connectivity index (χ4n) is 1.46. The van der Waals surface area contributed by atoms with E-state index in [9.17, 15) is 8.42 Å². The summed E-state index contributed by atoms with van der Waals surface area (Å²) < 4.78 is 31.3. The van der Waals surface area contributed by atoms with Gasteiger partial charge in [0.15, 0.2) is 0 Å². The Morgan fingerprint density at radius 2 is 2.00 bits per heavy atom. The van der Waals surface area contributed by atoms with Crippen molar-refractivity contribution in [3.05, 3.63) is 29.8 Å². The van der Waals surface area contributed by atoms with E-state index < -0.39 is 10.0 Å². The third-order valence-electron chi connectivity index (χ3n) is 2.23. The molecule has 17 heavy (non-hydrogen) atoms. The van der Waals surface area contributed by atoms with Gasteiger partial charge >= 0.3 is 0 Å². The van der Waals surface area contributed by atoms with Crippen molar-refractivity contribution in [3.63, 3.8) is 0 Å². The van der Waals surface area contributed by atoms with Gasteiger partial charge in [0.2, 0.25) is 10.0 Å². The molecule has 0 unspecified atom stereocenters. The van der Waals surface area contributed by atoms with Crippen LogP contribution in [0.4, 0.5) is 0 Å². The second-order valence-electron chi connectivity index (χ2n) is 3.53. The number of ether oxygens (including phenoxy) is 1. The maximum absolute atomic E-state index is 12.0. The van der Waals surface area contributed by atoms with Crippen LogP contribution in [0.15, 0.2) is 29.2 Å². The van der Waals surface area contributed by atoms with E-state index in [1.807, 2.05) is 6.07 Å². The molecule has 6 heteroatoms. The highest BCUT2D eigenvalue weighted by Crippen LogP contribution is 2.14. The van der Waals surface area contributed by atoms with Crippen molar-refractivity contribution in [2.45, 2.75) is 11.4 Å². The van der Waals surface area contributed by atoms with E-state index in [2.05, 4.69) is 10.0 Å². The molecule has 96 valence electrons. The topological polar surface area (TPSA) is 67.4 Å². The first kappa shape index (κ1) is 14.1. The van der Waals surface area contributed by atoms with E-state index in [-0.39, 0.29) is 6.54 Å². The van der Waals surface area contributed by atoms with Gasteiger partial charge in [-0.05, 0) is 18.7 Å². The lowest BCUT2D eigenvalue weighted by Crippen LogP contribution is -2.28. The molecule has 0 heterocycles. The minimum atomic E-state index is -3.46. The molecule has 0 radical (unpaired) electrons. The Morgan fingerprint density at radius 3 is 2.65 bits per heavy atom. The second kappa shape index (κ2) is 6.70. The Kier molecular flexibility index (Phi) is 5.57.